The fourth-order valence-corrected chi connectivity index (χ4v) is 6.47. The van der Waals surface area contributed by atoms with Gasteiger partial charge in [-0.3, -0.25) is 14.4 Å². The molecule has 2 aromatic heterocycles. The highest BCUT2D eigenvalue weighted by molar-refractivity contribution is 7.93. The van der Waals surface area contributed by atoms with E-state index in [2.05, 4.69) is 40.2 Å². The van der Waals surface area contributed by atoms with E-state index >= 15 is 0 Å². The van der Waals surface area contributed by atoms with Crippen LogP contribution in [0.3, 0.4) is 0 Å². The highest BCUT2D eigenvalue weighted by Gasteiger charge is 2.26. The average molecular weight is 478 g/mol. The van der Waals surface area contributed by atoms with Gasteiger partial charge in [-0.25, -0.2) is 8.42 Å². The lowest BCUT2D eigenvalue weighted by molar-refractivity contribution is 0.0936. The molecule has 1 atom stereocenters. The molecule has 9 heteroatoms. The Balaban J connectivity index is 1.76. The number of thiophene rings is 2. The van der Waals surface area contributed by atoms with Gasteiger partial charge in [0.2, 0.25) is 0 Å². The summed E-state index contributed by atoms with van der Waals surface area (Å²) in [5.41, 5.74) is 2.64. The maximum absolute atomic E-state index is 12.9. The van der Waals surface area contributed by atoms with Crippen LogP contribution in [0.5, 0.6) is 0 Å². The van der Waals surface area contributed by atoms with Crippen LogP contribution < -0.4 is 10.0 Å². The molecule has 6 nitrogen and oxygen atoms in total. The Labute approximate surface area is 192 Å². The number of hydrogen-bond acceptors (Lipinski definition) is 6. The van der Waals surface area contributed by atoms with Crippen molar-refractivity contribution in [2.24, 2.45) is 0 Å². The predicted octanol–water partition coefficient (Wildman–Crippen LogP) is 4.73. The lowest BCUT2D eigenvalue weighted by Gasteiger charge is -2.29. The van der Waals surface area contributed by atoms with Crippen molar-refractivity contribution in [3.05, 3.63) is 68.5 Å². The van der Waals surface area contributed by atoms with Gasteiger partial charge in [-0.1, -0.05) is 31.5 Å². The summed E-state index contributed by atoms with van der Waals surface area (Å²) in [7, 11) is -3.88. The fraction of sp³-hybridized carbons (Fsp3) is 0.318. The summed E-state index contributed by atoms with van der Waals surface area (Å²) in [4.78, 5) is 15.4. The van der Waals surface area contributed by atoms with E-state index < -0.39 is 10.0 Å². The van der Waals surface area contributed by atoms with Crippen molar-refractivity contribution in [3.8, 4) is 0 Å². The third-order valence-electron chi connectivity index (χ3n) is 5.07. The Hall–Kier alpha value is -2.20. The molecule has 3 rings (SSSR count). The number of carbonyl (C=O) groups excluding carboxylic acids is 1. The van der Waals surface area contributed by atoms with Crippen molar-refractivity contribution in [1.82, 2.24) is 10.2 Å². The quantitative estimate of drug-likeness (QED) is 0.442. The first kappa shape index (κ1) is 23.5. The summed E-state index contributed by atoms with van der Waals surface area (Å²) in [5, 5.41) is 8.68. The van der Waals surface area contributed by atoms with Gasteiger partial charge in [0.05, 0.1) is 6.04 Å². The van der Waals surface area contributed by atoms with Gasteiger partial charge in [0, 0.05) is 12.2 Å². The standard InChI is InChI=1S/C22H27N3O3S3/c1-4-25(5-2)19(17-10-12-29-15-17)14-23-22(26)21-20(11-13-30-21)31(27,28)24-18-8-6-16(3)7-9-18/h6-13,15,19,24H,4-5,14H2,1-3H3,(H,23,26). The van der Waals surface area contributed by atoms with E-state index in [0.29, 0.717) is 12.2 Å². The maximum atomic E-state index is 12.9. The van der Waals surface area contributed by atoms with Crippen molar-refractivity contribution in [1.29, 1.82) is 0 Å². The topological polar surface area (TPSA) is 78.5 Å². The molecule has 0 fully saturated rings. The van der Waals surface area contributed by atoms with E-state index in [-0.39, 0.29) is 21.7 Å². The minimum absolute atomic E-state index is 0.00880. The second-order valence-corrected chi connectivity index (χ2v) is 10.4. The molecular formula is C22H27N3O3S3. The highest BCUT2D eigenvalue weighted by Crippen LogP contribution is 2.26. The van der Waals surface area contributed by atoms with Gasteiger partial charge in [0.25, 0.3) is 15.9 Å². The van der Waals surface area contributed by atoms with Gasteiger partial charge in [0.1, 0.15) is 9.77 Å². The zero-order valence-electron chi connectivity index (χ0n) is 17.8. The summed E-state index contributed by atoms with van der Waals surface area (Å²) in [6.45, 7) is 8.22. The summed E-state index contributed by atoms with van der Waals surface area (Å²) >= 11 is 2.74. The van der Waals surface area contributed by atoms with Crippen LogP contribution in [0.2, 0.25) is 0 Å². The summed E-state index contributed by atoms with van der Waals surface area (Å²) < 4.78 is 28.4. The Morgan fingerprint density at radius 1 is 1.06 bits per heavy atom. The molecule has 1 aromatic carbocycles. The van der Waals surface area contributed by atoms with Crippen LogP contribution in [0.1, 0.15) is 40.7 Å². The van der Waals surface area contributed by atoms with Gasteiger partial charge in [-0.2, -0.15) is 11.3 Å². The molecule has 0 saturated heterocycles. The second kappa shape index (κ2) is 10.4. The summed E-state index contributed by atoms with van der Waals surface area (Å²) in [6.07, 6.45) is 0. The number of aryl methyl sites for hydroxylation is 1. The van der Waals surface area contributed by atoms with E-state index in [1.54, 1.807) is 28.8 Å². The molecule has 0 aliphatic carbocycles. The average Bonchev–Trinajstić information content (AvgIpc) is 3.45. The van der Waals surface area contributed by atoms with Crippen molar-refractivity contribution >= 4 is 44.3 Å². The Bertz CT molecular complexity index is 1090. The second-order valence-electron chi connectivity index (χ2n) is 7.09. The number of sulfonamides is 1. The van der Waals surface area contributed by atoms with E-state index in [4.69, 9.17) is 0 Å². The largest absolute Gasteiger partial charge is 0.349 e. The molecule has 0 bridgehead atoms. The number of hydrogen-bond donors (Lipinski definition) is 2. The van der Waals surface area contributed by atoms with Crippen LogP contribution in [-0.2, 0) is 10.0 Å². The third-order valence-corrected chi connectivity index (χ3v) is 8.23. The van der Waals surface area contributed by atoms with E-state index in [1.165, 1.54) is 6.07 Å². The molecule has 2 N–H and O–H groups in total. The molecule has 166 valence electrons. The Morgan fingerprint density at radius 2 is 1.77 bits per heavy atom. The van der Waals surface area contributed by atoms with Crippen LogP contribution in [0.15, 0.2) is 57.4 Å². The third kappa shape index (κ3) is 5.74. The normalized spacial score (nSPS) is 12.6. The van der Waals surface area contributed by atoms with Crippen molar-refractivity contribution < 1.29 is 13.2 Å². The van der Waals surface area contributed by atoms with Gasteiger partial charge in [0.15, 0.2) is 0 Å². The van der Waals surface area contributed by atoms with E-state index in [1.807, 2.05) is 24.4 Å². The fourth-order valence-electron chi connectivity index (χ4n) is 3.36. The number of anilines is 1. The molecular weight excluding hydrogens is 450 g/mol. The monoisotopic (exact) mass is 477 g/mol. The minimum atomic E-state index is -3.88. The van der Waals surface area contributed by atoms with Crippen LogP contribution in [0.4, 0.5) is 5.69 Å². The van der Waals surface area contributed by atoms with Crippen LogP contribution in [0.25, 0.3) is 0 Å². The first-order chi connectivity index (χ1) is 14.9. The molecule has 2 heterocycles. The predicted molar refractivity (Wildman–Crippen MR) is 129 cm³/mol. The van der Waals surface area contributed by atoms with E-state index in [0.717, 1.165) is 35.6 Å². The summed E-state index contributed by atoms with van der Waals surface area (Å²) in [5.74, 6) is -0.383. The van der Waals surface area contributed by atoms with Gasteiger partial charge < -0.3 is 5.32 Å². The summed E-state index contributed by atoms with van der Waals surface area (Å²) in [6, 6.07) is 10.6. The van der Waals surface area contributed by atoms with Gasteiger partial charge >= 0.3 is 0 Å². The number of benzene rings is 1. The SMILES string of the molecule is CCN(CC)C(CNC(=O)c1sccc1S(=O)(=O)Nc1ccc(C)cc1)c1ccsc1. The number of nitrogens with zero attached hydrogens (tertiary/aromatic N) is 1. The van der Waals surface area contributed by atoms with Gasteiger partial charge in [-0.15, -0.1) is 11.3 Å². The maximum Gasteiger partial charge on any atom is 0.263 e. The van der Waals surface area contributed by atoms with Crippen molar-refractivity contribution in [2.75, 3.05) is 24.4 Å². The number of rotatable bonds is 10. The molecule has 3 aromatic rings. The number of amides is 1. The van der Waals surface area contributed by atoms with Crippen molar-refractivity contribution in [3.63, 3.8) is 0 Å². The molecule has 0 aliphatic rings. The van der Waals surface area contributed by atoms with Gasteiger partial charge in [-0.05, 0) is 66.0 Å². The highest BCUT2D eigenvalue weighted by atomic mass is 32.2. The molecule has 0 spiro atoms. The number of likely N-dealkylation sites (N-methyl/N-ethyl adjacent to an activating group) is 1. The zero-order chi connectivity index (χ0) is 22.4. The number of carbonyl (C=O) groups is 1. The minimum Gasteiger partial charge on any atom is -0.349 e. The molecule has 31 heavy (non-hydrogen) atoms. The lowest BCUT2D eigenvalue weighted by atomic mass is 10.1. The molecule has 0 radical (unpaired) electrons. The smallest absolute Gasteiger partial charge is 0.263 e. The Kier molecular flexibility index (Phi) is 7.88. The van der Waals surface area contributed by atoms with Crippen LogP contribution in [0, 0.1) is 6.92 Å². The number of nitrogens with one attached hydrogen (secondary N) is 2. The molecule has 1 amide bonds. The molecule has 1 unspecified atom stereocenters. The molecule has 0 aliphatic heterocycles. The van der Waals surface area contributed by atoms with E-state index in [9.17, 15) is 13.2 Å². The first-order valence-electron chi connectivity index (χ1n) is 10.1. The van der Waals surface area contributed by atoms with Crippen LogP contribution >= 0.6 is 22.7 Å². The first-order valence-corrected chi connectivity index (χ1v) is 13.4. The lowest BCUT2D eigenvalue weighted by Crippen LogP contribution is -2.38. The zero-order valence-corrected chi connectivity index (χ0v) is 20.2. The van der Waals surface area contributed by atoms with Crippen molar-refractivity contribution in [2.45, 2.75) is 31.7 Å². The van der Waals surface area contributed by atoms with Crippen LogP contribution in [-0.4, -0.2) is 38.9 Å². The molecule has 0 saturated carbocycles. The Morgan fingerprint density at radius 3 is 2.39 bits per heavy atom.